The van der Waals surface area contributed by atoms with Gasteiger partial charge >= 0.3 is 12.1 Å². The van der Waals surface area contributed by atoms with E-state index in [0.717, 1.165) is 31.4 Å². The number of hydrogen-bond acceptors (Lipinski definition) is 6. The molecule has 188 valence electrons. The van der Waals surface area contributed by atoms with Crippen LogP contribution in [-0.4, -0.2) is 46.4 Å². The van der Waals surface area contributed by atoms with Gasteiger partial charge in [0, 0.05) is 25.8 Å². The molecule has 2 N–H and O–H groups in total. The first-order chi connectivity index (χ1) is 17.1. The van der Waals surface area contributed by atoms with Gasteiger partial charge in [-0.15, -0.1) is 0 Å². The summed E-state index contributed by atoms with van der Waals surface area (Å²) < 4.78 is 42.6. The molecular formula is C24H24F3N7O2. The third kappa shape index (κ3) is 4.50. The highest BCUT2D eigenvalue weighted by molar-refractivity contribution is 5.92. The number of carbonyl (C=O) groups is 1. The van der Waals surface area contributed by atoms with Crippen molar-refractivity contribution in [1.82, 2.24) is 29.3 Å². The monoisotopic (exact) mass is 499 g/mol. The van der Waals surface area contributed by atoms with Crippen LogP contribution in [0, 0.1) is 5.92 Å². The number of fused-ring (bicyclic) bond motifs is 1. The predicted molar refractivity (Wildman–Crippen MR) is 125 cm³/mol. The van der Waals surface area contributed by atoms with Crippen LogP contribution in [0.5, 0.6) is 0 Å². The van der Waals surface area contributed by atoms with Gasteiger partial charge in [0.15, 0.2) is 11.5 Å². The second-order valence-electron chi connectivity index (χ2n) is 9.12. The van der Waals surface area contributed by atoms with Gasteiger partial charge in [0.05, 0.1) is 17.3 Å². The van der Waals surface area contributed by atoms with Gasteiger partial charge in [0.1, 0.15) is 11.3 Å². The molecule has 1 saturated carbocycles. The molecule has 4 aromatic rings. The Kier molecular flexibility index (Phi) is 5.89. The van der Waals surface area contributed by atoms with Crippen molar-refractivity contribution in [1.29, 1.82) is 0 Å². The van der Waals surface area contributed by atoms with Crippen LogP contribution in [0.3, 0.4) is 0 Å². The molecule has 3 heterocycles. The molecule has 12 heteroatoms. The highest BCUT2D eigenvalue weighted by atomic mass is 19.4. The second kappa shape index (κ2) is 8.92. The number of aromatic nitrogens is 6. The van der Waals surface area contributed by atoms with Crippen molar-refractivity contribution in [3.63, 3.8) is 0 Å². The number of aromatic carboxylic acids is 1. The van der Waals surface area contributed by atoms with Crippen LogP contribution >= 0.6 is 0 Å². The van der Waals surface area contributed by atoms with E-state index >= 15 is 0 Å². The molecule has 36 heavy (non-hydrogen) atoms. The second-order valence-corrected chi connectivity index (χ2v) is 9.12. The first-order valence-electron chi connectivity index (χ1n) is 11.5. The maximum absolute atomic E-state index is 13.1. The van der Waals surface area contributed by atoms with Crippen LogP contribution in [0.25, 0.3) is 22.6 Å². The number of imidazole rings is 1. The number of anilines is 1. The molecule has 9 nitrogen and oxygen atoms in total. The van der Waals surface area contributed by atoms with Crippen LogP contribution in [0.1, 0.15) is 47.9 Å². The van der Waals surface area contributed by atoms with Crippen molar-refractivity contribution >= 4 is 23.0 Å². The number of rotatable bonds is 7. The Hall–Kier alpha value is -3.96. The lowest BCUT2D eigenvalue weighted by molar-refractivity contribution is -0.137. The summed E-state index contributed by atoms with van der Waals surface area (Å²) in [5.74, 6) is -0.452. The molecule has 1 aromatic carbocycles. The Morgan fingerprint density at radius 1 is 1.19 bits per heavy atom. The number of hydrogen-bond donors (Lipinski definition) is 2. The molecule has 0 unspecified atom stereocenters. The van der Waals surface area contributed by atoms with Crippen LogP contribution < -0.4 is 5.32 Å². The molecule has 1 aliphatic rings. The zero-order valence-electron chi connectivity index (χ0n) is 19.6. The van der Waals surface area contributed by atoms with Crippen LogP contribution in [-0.2, 0) is 19.8 Å². The van der Waals surface area contributed by atoms with E-state index in [0.29, 0.717) is 34.2 Å². The molecular weight excluding hydrogens is 475 g/mol. The molecule has 3 aromatic heterocycles. The topological polar surface area (TPSA) is 111 Å². The lowest BCUT2D eigenvalue weighted by atomic mass is 9.80. The normalized spacial score (nSPS) is 15.1. The largest absolute Gasteiger partial charge is 0.475 e. The molecule has 1 atom stereocenters. The maximum atomic E-state index is 13.1. The summed E-state index contributed by atoms with van der Waals surface area (Å²) in [6, 6.07) is 4.94. The number of halogens is 3. The Bertz CT molecular complexity index is 1420. The number of nitrogens with zero attached hydrogens (tertiary/aromatic N) is 6. The number of carboxylic acid groups (broad SMARTS) is 1. The average molecular weight is 499 g/mol. The van der Waals surface area contributed by atoms with Crippen molar-refractivity contribution in [2.75, 3.05) is 5.32 Å². The van der Waals surface area contributed by atoms with Crippen molar-refractivity contribution in [3.8, 4) is 11.4 Å². The van der Waals surface area contributed by atoms with Gasteiger partial charge in [-0.1, -0.05) is 18.6 Å². The summed E-state index contributed by atoms with van der Waals surface area (Å²) in [5.41, 5.74) is 1.17. The fourth-order valence-electron chi connectivity index (χ4n) is 4.40. The van der Waals surface area contributed by atoms with E-state index in [1.54, 1.807) is 28.7 Å². The van der Waals surface area contributed by atoms with Gasteiger partial charge < -0.3 is 15.0 Å². The van der Waals surface area contributed by atoms with E-state index in [2.05, 4.69) is 25.4 Å². The van der Waals surface area contributed by atoms with Gasteiger partial charge in [-0.3, -0.25) is 4.68 Å². The number of benzene rings is 1. The summed E-state index contributed by atoms with van der Waals surface area (Å²) >= 11 is 0. The Labute approximate surface area is 204 Å². The van der Waals surface area contributed by atoms with Gasteiger partial charge in [-0.25, -0.2) is 19.7 Å². The fourth-order valence-corrected chi connectivity index (χ4v) is 4.40. The van der Waals surface area contributed by atoms with Gasteiger partial charge in [-0.05, 0) is 43.4 Å². The summed E-state index contributed by atoms with van der Waals surface area (Å²) in [6.07, 6.45) is 2.21. The Morgan fingerprint density at radius 3 is 2.47 bits per heavy atom. The Balaban J connectivity index is 1.66. The molecule has 1 fully saturated rings. The maximum Gasteiger partial charge on any atom is 0.416 e. The molecule has 5 rings (SSSR count). The van der Waals surface area contributed by atoms with Crippen LogP contribution in [0.15, 0.2) is 36.7 Å². The minimum atomic E-state index is -4.43. The molecule has 0 amide bonds. The van der Waals surface area contributed by atoms with E-state index in [4.69, 9.17) is 0 Å². The third-order valence-corrected chi connectivity index (χ3v) is 6.60. The minimum Gasteiger partial charge on any atom is -0.475 e. The van der Waals surface area contributed by atoms with E-state index in [9.17, 15) is 23.1 Å². The van der Waals surface area contributed by atoms with E-state index < -0.39 is 17.7 Å². The van der Waals surface area contributed by atoms with Crippen molar-refractivity contribution in [2.24, 2.45) is 13.0 Å². The highest BCUT2D eigenvalue weighted by Gasteiger charge is 2.30. The SMILES string of the molecule is C[C@@H](Nc1nc(C(=O)O)nc2nc(-c3cnn(C)c3)n(Cc3ccc(C(F)(F)F)cc3)c12)C1CCC1. The standard InChI is InChI=1S/C24H24F3N7O2/c1-13(15-4-3-5-15)29-19-18-20(31-21(30-19)23(35)36)32-22(16-10-28-33(2)12-16)34(18)11-14-6-8-17(9-7-14)24(25,26)27/h6-10,12-13,15H,3-5,11H2,1-2H3,(H,35,36)(H,29,30,31)/t13-/m1/s1. The minimum absolute atomic E-state index is 0.0368. The van der Waals surface area contributed by atoms with Crippen molar-refractivity contribution < 1.29 is 23.1 Å². The first kappa shape index (κ1) is 23.8. The van der Waals surface area contributed by atoms with Crippen LogP contribution in [0.4, 0.5) is 19.0 Å². The summed E-state index contributed by atoms with van der Waals surface area (Å²) in [4.78, 5) is 24.8. The lowest BCUT2D eigenvalue weighted by Crippen LogP contribution is -2.31. The molecule has 0 aliphatic heterocycles. The summed E-state index contributed by atoms with van der Waals surface area (Å²) in [5, 5.41) is 17.2. The van der Waals surface area contributed by atoms with Gasteiger partial charge in [0.25, 0.3) is 0 Å². The molecule has 0 spiro atoms. The molecule has 0 radical (unpaired) electrons. The Morgan fingerprint density at radius 2 is 1.92 bits per heavy atom. The van der Waals surface area contributed by atoms with E-state index in [1.165, 1.54) is 12.1 Å². The third-order valence-electron chi connectivity index (χ3n) is 6.60. The van der Waals surface area contributed by atoms with Crippen LogP contribution in [0.2, 0.25) is 0 Å². The average Bonchev–Trinajstić information content (AvgIpc) is 3.35. The first-order valence-corrected chi connectivity index (χ1v) is 11.5. The van der Waals surface area contributed by atoms with Gasteiger partial charge in [0.2, 0.25) is 5.82 Å². The number of carboxylic acids is 1. The zero-order chi connectivity index (χ0) is 25.6. The highest BCUT2D eigenvalue weighted by Crippen LogP contribution is 2.34. The molecule has 0 bridgehead atoms. The lowest BCUT2D eigenvalue weighted by Gasteiger charge is -2.32. The molecule has 1 aliphatic carbocycles. The van der Waals surface area contributed by atoms with Gasteiger partial charge in [-0.2, -0.15) is 18.3 Å². The number of alkyl halides is 3. The number of nitrogens with one attached hydrogen (secondary N) is 1. The van der Waals surface area contributed by atoms with E-state index in [-0.39, 0.29) is 24.1 Å². The summed E-state index contributed by atoms with van der Waals surface area (Å²) in [7, 11) is 1.75. The predicted octanol–water partition coefficient (Wildman–Crippen LogP) is 4.59. The smallest absolute Gasteiger partial charge is 0.416 e. The fraction of sp³-hybridized carbons (Fsp3) is 0.375. The van der Waals surface area contributed by atoms with Crippen molar-refractivity contribution in [3.05, 3.63) is 53.6 Å². The van der Waals surface area contributed by atoms with Crippen molar-refractivity contribution in [2.45, 2.75) is 44.9 Å². The van der Waals surface area contributed by atoms with E-state index in [1.807, 2.05) is 6.92 Å². The quantitative estimate of drug-likeness (QED) is 0.383. The number of aryl methyl sites for hydroxylation is 1. The zero-order valence-corrected chi connectivity index (χ0v) is 19.6. The molecule has 0 saturated heterocycles. The summed E-state index contributed by atoms with van der Waals surface area (Å²) in [6.45, 7) is 2.19.